The summed E-state index contributed by atoms with van der Waals surface area (Å²) >= 11 is 5.76. The molecule has 0 bridgehead atoms. The third-order valence-electron chi connectivity index (χ3n) is 4.08. The summed E-state index contributed by atoms with van der Waals surface area (Å²) in [6.07, 6.45) is 0. The van der Waals surface area contributed by atoms with E-state index in [-0.39, 0.29) is 11.4 Å². The normalized spacial score (nSPS) is 11.3. The number of anilines is 1. The van der Waals surface area contributed by atoms with Gasteiger partial charge in [-0.05, 0) is 49.2 Å². The van der Waals surface area contributed by atoms with E-state index in [9.17, 15) is 18.0 Å². The fraction of sp³-hybridized carbons (Fsp3) is 0.263. The third kappa shape index (κ3) is 5.54. The molecule has 9 heteroatoms. The summed E-state index contributed by atoms with van der Waals surface area (Å²) in [5.74, 6) is -0.981. The number of nitrogens with one attached hydrogen (secondary N) is 2. The van der Waals surface area contributed by atoms with Crippen molar-refractivity contribution in [2.45, 2.75) is 18.7 Å². The first-order chi connectivity index (χ1) is 13.1. The zero-order valence-corrected chi connectivity index (χ0v) is 17.4. The number of rotatable bonds is 7. The number of para-hydroxylation sites is 1. The molecule has 2 aromatic rings. The fourth-order valence-electron chi connectivity index (χ4n) is 2.50. The number of sulfonamides is 1. The van der Waals surface area contributed by atoms with E-state index < -0.39 is 28.4 Å². The van der Waals surface area contributed by atoms with Gasteiger partial charge >= 0.3 is 0 Å². The molecule has 0 aromatic heterocycles. The van der Waals surface area contributed by atoms with Crippen molar-refractivity contribution >= 4 is 39.1 Å². The molecule has 2 rings (SSSR count). The van der Waals surface area contributed by atoms with Crippen molar-refractivity contribution in [3.05, 3.63) is 58.6 Å². The number of amides is 2. The standard InChI is InChI=1S/C19H22ClN3O4S/c1-13-5-4-6-14(2)19(13)22-17(24)11-21-18(25)12-23(3)28(26,27)16-9-7-15(20)8-10-16/h4-10H,11-12H2,1-3H3,(H,21,25)(H,22,24). The van der Waals surface area contributed by atoms with E-state index >= 15 is 0 Å². The quantitative estimate of drug-likeness (QED) is 0.714. The number of benzene rings is 2. The van der Waals surface area contributed by atoms with E-state index in [0.717, 1.165) is 15.4 Å². The lowest BCUT2D eigenvalue weighted by Crippen LogP contribution is -2.41. The first-order valence-corrected chi connectivity index (χ1v) is 10.3. The number of halogens is 1. The van der Waals surface area contributed by atoms with Crippen LogP contribution in [-0.4, -0.2) is 44.7 Å². The second-order valence-electron chi connectivity index (χ2n) is 6.31. The van der Waals surface area contributed by atoms with Gasteiger partial charge in [-0.1, -0.05) is 29.8 Å². The van der Waals surface area contributed by atoms with Crippen LogP contribution in [-0.2, 0) is 19.6 Å². The number of likely N-dealkylation sites (N-methyl/N-ethyl adjacent to an activating group) is 1. The summed E-state index contributed by atoms with van der Waals surface area (Å²) in [5, 5.41) is 5.59. The summed E-state index contributed by atoms with van der Waals surface area (Å²) in [5.41, 5.74) is 2.52. The number of hydrogen-bond acceptors (Lipinski definition) is 4. The maximum atomic E-state index is 12.5. The van der Waals surface area contributed by atoms with Crippen LogP contribution in [0.5, 0.6) is 0 Å². The van der Waals surface area contributed by atoms with E-state index in [1.807, 2.05) is 32.0 Å². The maximum absolute atomic E-state index is 12.5. The van der Waals surface area contributed by atoms with Gasteiger partial charge in [-0.25, -0.2) is 8.42 Å². The summed E-state index contributed by atoms with van der Waals surface area (Å²) in [6, 6.07) is 11.3. The summed E-state index contributed by atoms with van der Waals surface area (Å²) in [7, 11) is -2.54. The molecule has 0 spiro atoms. The van der Waals surface area contributed by atoms with Gasteiger partial charge in [0.05, 0.1) is 18.0 Å². The average molecular weight is 424 g/mol. The first-order valence-electron chi connectivity index (χ1n) is 8.46. The lowest BCUT2D eigenvalue weighted by atomic mass is 10.1. The minimum atomic E-state index is -3.84. The lowest BCUT2D eigenvalue weighted by Gasteiger charge is -2.17. The van der Waals surface area contributed by atoms with Gasteiger partial charge in [-0.3, -0.25) is 9.59 Å². The fourth-order valence-corrected chi connectivity index (χ4v) is 3.76. The van der Waals surface area contributed by atoms with Crippen LogP contribution in [0.4, 0.5) is 5.69 Å². The largest absolute Gasteiger partial charge is 0.346 e. The molecule has 0 radical (unpaired) electrons. The first kappa shape index (κ1) is 21.9. The molecule has 0 aliphatic heterocycles. The number of nitrogens with zero attached hydrogens (tertiary/aromatic N) is 1. The van der Waals surface area contributed by atoms with Crippen LogP contribution < -0.4 is 10.6 Å². The molecule has 0 heterocycles. The van der Waals surface area contributed by atoms with Crippen LogP contribution in [0, 0.1) is 13.8 Å². The van der Waals surface area contributed by atoms with Gasteiger partial charge in [0.25, 0.3) is 0 Å². The predicted molar refractivity (Wildman–Crippen MR) is 109 cm³/mol. The molecular formula is C19H22ClN3O4S. The van der Waals surface area contributed by atoms with Gasteiger partial charge in [0.1, 0.15) is 0 Å². The molecule has 0 atom stereocenters. The number of carbonyl (C=O) groups excluding carboxylic acids is 2. The molecular weight excluding hydrogens is 402 g/mol. The van der Waals surface area contributed by atoms with Crippen LogP contribution in [0.1, 0.15) is 11.1 Å². The van der Waals surface area contributed by atoms with Crippen molar-refractivity contribution in [3.8, 4) is 0 Å². The third-order valence-corrected chi connectivity index (χ3v) is 6.15. The highest BCUT2D eigenvalue weighted by Crippen LogP contribution is 2.19. The molecule has 28 heavy (non-hydrogen) atoms. The lowest BCUT2D eigenvalue weighted by molar-refractivity contribution is -0.124. The van der Waals surface area contributed by atoms with Crippen molar-refractivity contribution in [1.29, 1.82) is 0 Å². The minimum absolute atomic E-state index is 0.0278. The van der Waals surface area contributed by atoms with E-state index in [1.54, 1.807) is 0 Å². The predicted octanol–water partition coefficient (Wildman–Crippen LogP) is 2.33. The van der Waals surface area contributed by atoms with Gasteiger partial charge in [-0.2, -0.15) is 4.31 Å². The second-order valence-corrected chi connectivity index (χ2v) is 8.79. The zero-order valence-electron chi connectivity index (χ0n) is 15.8. The van der Waals surface area contributed by atoms with Gasteiger partial charge in [0.15, 0.2) is 0 Å². The van der Waals surface area contributed by atoms with E-state index in [0.29, 0.717) is 10.7 Å². The van der Waals surface area contributed by atoms with Gasteiger partial charge in [0.2, 0.25) is 21.8 Å². The molecule has 0 fully saturated rings. The molecule has 150 valence electrons. The Bertz CT molecular complexity index is 955. The van der Waals surface area contributed by atoms with Crippen LogP contribution >= 0.6 is 11.6 Å². The molecule has 0 unspecified atom stereocenters. The highest BCUT2D eigenvalue weighted by atomic mass is 35.5. The van der Waals surface area contributed by atoms with E-state index in [4.69, 9.17) is 11.6 Å². The topological polar surface area (TPSA) is 95.6 Å². The van der Waals surface area contributed by atoms with Crippen molar-refractivity contribution in [3.63, 3.8) is 0 Å². The second kappa shape index (κ2) is 9.18. The monoisotopic (exact) mass is 423 g/mol. The molecule has 2 amide bonds. The van der Waals surface area contributed by atoms with Gasteiger partial charge in [-0.15, -0.1) is 0 Å². The highest BCUT2D eigenvalue weighted by molar-refractivity contribution is 7.89. The Balaban J connectivity index is 1.91. The molecule has 0 aliphatic carbocycles. The molecule has 7 nitrogen and oxygen atoms in total. The van der Waals surface area contributed by atoms with E-state index in [2.05, 4.69) is 10.6 Å². The zero-order chi connectivity index (χ0) is 20.9. The Kier molecular flexibility index (Phi) is 7.17. The smallest absolute Gasteiger partial charge is 0.243 e. The van der Waals surface area contributed by atoms with Gasteiger partial charge in [0, 0.05) is 17.8 Å². The maximum Gasteiger partial charge on any atom is 0.243 e. The Hall–Kier alpha value is -2.42. The van der Waals surface area contributed by atoms with Crippen molar-refractivity contribution < 1.29 is 18.0 Å². The number of aryl methyl sites for hydroxylation is 2. The van der Waals surface area contributed by atoms with Crippen LogP contribution in [0.25, 0.3) is 0 Å². The Morgan fingerprint density at radius 1 is 1.00 bits per heavy atom. The molecule has 0 saturated heterocycles. The highest BCUT2D eigenvalue weighted by Gasteiger charge is 2.23. The summed E-state index contributed by atoms with van der Waals surface area (Å²) in [6.45, 7) is 3.07. The van der Waals surface area contributed by atoms with Crippen molar-refractivity contribution in [1.82, 2.24) is 9.62 Å². The SMILES string of the molecule is Cc1cccc(C)c1NC(=O)CNC(=O)CN(C)S(=O)(=O)c1ccc(Cl)cc1. The van der Waals surface area contributed by atoms with Crippen LogP contribution in [0.15, 0.2) is 47.4 Å². The van der Waals surface area contributed by atoms with Crippen molar-refractivity contribution in [2.24, 2.45) is 0 Å². The Morgan fingerprint density at radius 3 is 2.14 bits per heavy atom. The summed E-state index contributed by atoms with van der Waals surface area (Å²) < 4.78 is 25.8. The molecule has 2 N–H and O–H groups in total. The molecule has 2 aromatic carbocycles. The average Bonchev–Trinajstić information content (AvgIpc) is 2.63. The minimum Gasteiger partial charge on any atom is -0.346 e. The van der Waals surface area contributed by atoms with Crippen molar-refractivity contribution in [2.75, 3.05) is 25.5 Å². The van der Waals surface area contributed by atoms with Gasteiger partial charge < -0.3 is 10.6 Å². The summed E-state index contributed by atoms with van der Waals surface area (Å²) in [4.78, 5) is 24.2. The number of hydrogen-bond donors (Lipinski definition) is 2. The van der Waals surface area contributed by atoms with Crippen LogP contribution in [0.2, 0.25) is 5.02 Å². The molecule has 0 saturated carbocycles. The Morgan fingerprint density at radius 2 is 1.57 bits per heavy atom. The Labute approximate surface area is 169 Å². The van der Waals surface area contributed by atoms with E-state index in [1.165, 1.54) is 31.3 Å². The van der Waals surface area contributed by atoms with Crippen LogP contribution in [0.3, 0.4) is 0 Å². The number of carbonyl (C=O) groups is 2. The molecule has 0 aliphatic rings.